The van der Waals surface area contributed by atoms with E-state index in [-0.39, 0.29) is 17.9 Å². The maximum Gasteiger partial charge on any atom is 0.337 e. The van der Waals surface area contributed by atoms with Gasteiger partial charge in [-0.3, -0.25) is 4.79 Å². The highest BCUT2D eigenvalue weighted by atomic mass is 16.5. The number of carbonyl (C=O) groups excluding carboxylic acids is 2. The zero-order valence-corrected chi connectivity index (χ0v) is 18.9. The molecule has 0 unspecified atom stereocenters. The Kier molecular flexibility index (Phi) is 5.23. The first kappa shape index (κ1) is 20.7. The topological polar surface area (TPSA) is 78.9 Å². The molecule has 0 bridgehead atoms. The summed E-state index contributed by atoms with van der Waals surface area (Å²) in [5, 5.41) is 0. The fourth-order valence-electron chi connectivity index (χ4n) is 5.36. The quantitative estimate of drug-likeness (QED) is 0.681. The van der Waals surface area contributed by atoms with Crippen molar-refractivity contribution in [1.29, 1.82) is 0 Å². The largest absolute Gasteiger partial charge is 0.465 e. The number of fused-ring (bicyclic) bond motifs is 2. The molecule has 5 rings (SSSR count). The molecule has 2 aromatic rings. The Morgan fingerprint density at radius 2 is 2.00 bits per heavy atom. The number of rotatable bonds is 4. The van der Waals surface area contributed by atoms with Crippen LogP contribution in [0.15, 0.2) is 24.4 Å². The van der Waals surface area contributed by atoms with E-state index in [1.807, 2.05) is 19.2 Å². The second-order valence-corrected chi connectivity index (χ2v) is 8.78. The van der Waals surface area contributed by atoms with Gasteiger partial charge in [-0.15, -0.1) is 0 Å². The maximum atomic E-state index is 13.1. The summed E-state index contributed by atoms with van der Waals surface area (Å²) in [7, 11) is 3.21. The first-order chi connectivity index (χ1) is 15.5. The highest BCUT2D eigenvalue weighted by Crippen LogP contribution is 2.41. The normalized spacial score (nSPS) is 20.5. The van der Waals surface area contributed by atoms with Gasteiger partial charge in [0.1, 0.15) is 11.7 Å². The summed E-state index contributed by atoms with van der Waals surface area (Å²) in [6.07, 6.45) is 7.91. The van der Waals surface area contributed by atoms with Crippen molar-refractivity contribution in [1.82, 2.24) is 9.97 Å². The van der Waals surface area contributed by atoms with Crippen LogP contribution >= 0.6 is 0 Å². The van der Waals surface area contributed by atoms with Crippen LogP contribution in [0.25, 0.3) is 0 Å². The molecule has 1 aromatic heterocycles. The van der Waals surface area contributed by atoms with Gasteiger partial charge in [0.2, 0.25) is 11.9 Å². The molecule has 3 heterocycles. The van der Waals surface area contributed by atoms with Gasteiger partial charge in [-0.25, -0.2) is 9.78 Å². The van der Waals surface area contributed by atoms with Crippen molar-refractivity contribution >= 4 is 35.0 Å². The van der Waals surface area contributed by atoms with Gasteiger partial charge < -0.3 is 19.4 Å². The summed E-state index contributed by atoms with van der Waals surface area (Å²) in [5.41, 5.74) is 3.42. The standard InChI is InChI=1S/C24H29N5O3/c1-4-18-22(30)27(2)20-14-25-24(26-21(20)29(18)17-7-5-6-8-17)28-12-11-15-13-16(23(31)32-3)9-10-19(15)28/h9-10,13-14,17-18H,4-8,11-12H2,1-3H3/t18-/m1/s1. The third-order valence-corrected chi connectivity index (χ3v) is 7.04. The molecule has 1 aromatic carbocycles. The summed E-state index contributed by atoms with van der Waals surface area (Å²) in [6, 6.07) is 5.77. The molecule has 168 valence electrons. The molecule has 1 saturated carbocycles. The number of benzene rings is 1. The van der Waals surface area contributed by atoms with Crippen LogP contribution < -0.4 is 14.7 Å². The van der Waals surface area contributed by atoms with E-state index in [4.69, 9.17) is 9.72 Å². The number of likely N-dealkylation sites (N-methyl/N-ethyl adjacent to an activating group) is 1. The van der Waals surface area contributed by atoms with Crippen molar-refractivity contribution in [2.75, 3.05) is 35.4 Å². The predicted molar refractivity (Wildman–Crippen MR) is 123 cm³/mol. The van der Waals surface area contributed by atoms with Gasteiger partial charge in [0, 0.05) is 25.3 Å². The van der Waals surface area contributed by atoms with Crippen LogP contribution in [0.4, 0.5) is 23.1 Å². The minimum atomic E-state index is -0.332. The van der Waals surface area contributed by atoms with E-state index in [1.54, 1.807) is 17.2 Å². The molecule has 1 fully saturated rings. The molecule has 32 heavy (non-hydrogen) atoms. The van der Waals surface area contributed by atoms with Crippen LogP contribution in [-0.4, -0.2) is 54.6 Å². The summed E-state index contributed by atoms with van der Waals surface area (Å²) in [6.45, 7) is 2.81. The number of hydrogen-bond acceptors (Lipinski definition) is 7. The Hall–Kier alpha value is -3.16. The first-order valence-corrected chi connectivity index (χ1v) is 11.4. The predicted octanol–water partition coefficient (Wildman–Crippen LogP) is 3.46. The van der Waals surface area contributed by atoms with E-state index in [1.165, 1.54) is 20.0 Å². The molecular formula is C24H29N5O3. The van der Waals surface area contributed by atoms with E-state index in [9.17, 15) is 9.59 Å². The molecule has 1 aliphatic carbocycles. The average Bonchev–Trinajstić information content (AvgIpc) is 3.50. The minimum Gasteiger partial charge on any atom is -0.465 e. The van der Waals surface area contributed by atoms with Crippen LogP contribution in [0.3, 0.4) is 0 Å². The number of methoxy groups -OCH3 is 1. The van der Waals surface area contributed by atoms with Crippen molar-refractivity contribution < 1.29 is 14.3 Å². The maximum absolute atomic E-state index is 13.1. The van der Waals surface area contributed by atoms with Gasteiger partial charge >= 0.3 is 5.97 Å². The molecule has 0 saturated heterocycles. The van der Waals surface area contributed by atoms with Gasteiger partial charge in [-0.05, 0) is 49.4 Å². The summed E-state index contributed by atoms with van der Waals surface area (Å²) in [5.74, 6) is 1.27. The van der Waals surface area contributed by atoms with Gasteiger partial charge in [0.25, 0.3) is 0 Å². The summed E-state index contributed by atoms with van der Waals surface area (Å²) >= 11 is 0. The number of carbonyl (C=O) groups is 2. The van der Waals surface area contributed by atoms with Crippen molar-refractivity contribution in [3.8, 4) is 0 Å². The monoisotopic (exact) mass is 435 g/mol. The third kappa shape index (κ3) is 3.20. The zero-order chi connectivity index (χ0) is 22.4. The lowest BCUT2D eigenvalue weighted by molar-refractivity contribution is -0.120. The molecule has 0 radical (unpaired) electrons. The Balaban J connectivity index is 1.55. The number of hydrogen-bond donors (Lipinski definition) is 0. The van der Waals surface area contributed by atoms with Crippen LogP contribution in [0.5, 0.6) is 0 Å². The molecule has 8 nitrogen and oxygen atoms in total. The second-order valence-electron chi connectivity index (χ2n) is 8.78. The fourth-order valence-corrected chi connectivity index (χ4v) is 5.36. The summed E-state index contributed by atoms with van der Waals surface area (Å²) in [4.78, 5) is 40.7. The van der Waals surface area contributed by atoms with Crippen LogP contribution in [0, 0.1) is 0 Å². The SMILES string of the molecule is CC[C@@H]1C(=O)N(C)c2cnc(N3CCc4cc(C(=O)OC)ccc43)nc2N1C1CCCC1. The molecule has 1 atom stereocenters. The molecule has 0 spiro atoms. The lowest BCUT2D eigenvalue weighted by Gasteiger charge is -2.43. The molecule has 1 amide bonds. The van der Waals surface area contributed by atoms with Crippen LogP contribution in [0.2, 0.25) is 0 Å². The van der Waals surface area contributed by atoms with E-state index in [0.717, 1.165) is 55.0 Å². The van der Waals surface area contributed by atoms with Gasteiger partial charge in [0.15, 0.2) is 5.82 Å². The van der Waals surface area contributed by atoms with E-state index in [0.29, 0.717) is 17.6 Å². The second kappa shape index (κ2) is 8.07. The van der Waals surface area contributed by atoms with Crippen molar-refractivity contribution in [2.24, 2.45) is 0 Å². The average molecular weight is 436 g/mol. The van der Waals surface area contributed by atoms with Crippen molar-refractivity contribution in [2.45, 2.75) is 57.5 Å². The van der Waals surface area contributed by atoms with E-state index in [2.05, 4.69) is 21.7 Å². The lowest BCUT2D eigenvalue weighted by atomic mass is 10.0. The Bertz CT molecular complexity index is 1070. The molecule has 8 heteroatoms. The summed E-state index contributed by atoms with van der Waals surface area (Å²) < 4.78 is 4.85. The molecular weight excluding hydrogens is 406 g/mol. The number of esters is 1. The number of anilines is 4. The number of aromatic nitrogens is 2. The van der Waals surface area contributed by atoms with Crippen molar-refractivity contribution in [3.63, 3.8) is 0 Å². The molecule has 2 aliphatic heterocycles. The highest BCUT2D eigenvalue weighted by molar-refractivity contribution is 6.04. The molecule has 0 N–H and O–H groups in total. The first-order valence-electron chi connectivity index (χ1n) is 11.4. The number of nitrogens with zero attached hydrogens (tertiary/aromatic N) is 5. The van der Waals surface area contributed by atoms with E-state index >= 15 is 0 Å². The number of amides is 1. The minimum absolute atomic E-state index is 0.116. The Morgan fingerprint density at radius 3 is 2.72 bits per heavy atom. The van der Waals surface area contributed by atoms with E-state index < -0.39 is 0 Å². The van der Waals surface area contributed by atoms with Gasteiger partial charge in [-0.2, -0.15) is 4.98 Å². The van der Waals surface area contributed by atoms with Crippen LogP contribution in [-0.2, 0) is 16.0 Å². The van der Waals surface area contributed by atoms with Crippen molar-refractivity contribution in [3.05, 3.63) is 35.5 Å². The van der Waals surface area contributed by atoms with Gasteiger partial charge in [0.05, 0.1) is 18.9 Å². The third-order valence-electron chi connectivity index (χ3n) is 7.04. The highest BCUT2D eigenvalue weighted by Gasteiger charge is 2.41. The van der Waals surface area contributed by atoms with Gasteiger partial charge in [-0.1, -0.05) is 19.8 Å². The number of ether oxygens (including phenoxy) is 1. The Labute approximate surface area is 188 Å². The van der Waals surface area contributed by atoms with Crippen LogP contribution in [0.1, 0.15) is 54.9 Å². The fraction of sp³-hybridized carbons (Fsp3) is 0.500. The zero-order valence-electron chi connectivity index (χ0n) is 18.9. The lowest BCUT2D eigenvalue weighted by Crippen LogP contribution is -2.55. The molecule has 3 aliphatic rings. The smallest absolute Gasteiger partial charge is 0.337 e. The Morgan fingerprint density at radius 1 is 1.22 bits per heavy atom.